The van der Waals surface area contributed by atoms with E-state index >= 15 is 0 Å². The second kappa shape index (κ2) is 6.09. The highest BCUT2D eigenvalue weighted by Crippen LogP contribution is 2.20. The number of halogens is 1. The van der Waals surface area contributed by atoms with Crippen LogP contribution in [0.15, 0.2) is 48.5 Å². The van der Waals surface area contributed by atoms with Gasteiger partial charge in [0, 0.05) is 13.1 Å². The van der Waals surface area contributed by atoms with E-state index in [-0.39, 0.29) is 5.82 Å². The Hall–Kier alpha value is -2.23. The van der Waals surface area contributed by atoms with Gasteiger partial charge in [-0.15, -0.1) is 0 Å². The van der Waals surface area contributed by atoms with Crippen LogP contribution in [0.3, 0.4) is 0 Å². The van der Waals surface area contributed by atoms with Crippen molar-refractivity contribution in [3.8, 4) is 5.75 Å². The van der Waals surface area contributed by atoms with Crippen molar-refractivity contribution in [1.29, 1.82) is 0 Å². The van der Waals surface area contributed by atoms with E-state index < -0.39 is 0 Å². The Morgan fingerprint density at radius 2 is 1.95 bits per heavy atom. The van der Waals surface area contributed by atoms with E-state index in [0.29, 0.717) is 18.9 Å². The molecule has 0 spiro atoms. The zero-order chi connectivity index (χ0) is 13.7. The Morgan fingerprint density at radius 3 is 2.68 bits per heavy atom. The number of ether oxygens (including phenoxy) is 1. The van der Waals surface area contributed by atoms with Gasteiger partial charge in [0.2, 0.25) is 0 Å². The predicted octanol–water partition coefficient (Wildman–Crippen LogP) is 2.92. The second-order valence-electron chi connectivity index (χ2n) is 4.29. The van der Waals surface area contributed by atoms with Crippen molar-refractivity contribution >= 4 is 11.4 Å². The third-order valence-electron chi connectivity index (χ3n) is 2.84. The molecule has 2 aromatic rings. The Morgan fingerprint density at radius 1 is 1.16 bits per heavy atom. The molecule has 0 saturated carbocycles. The molecule has 4 heteroatoms. The third kappa shape index (κ3) is 3.61. The summed E-state index contributed by atoms with van der Waals surface area (Å²) in [6.45, 7) is 1.14. The van der Waals surface area contributed by atoms with Crippen LogP contribution in [0.4, 0.5) is 15.8 Å². The second-order valence-corrected chi connectivity index (χ2v) is 4.29. The van der Waals surface area contributed by atoms with Gasteiger partial charge < -0.3 is 15.4 Å². The Balaban J connectivity index is 1.88. The molecule has 0 unspecified atom stereocenters. The van der Waals surface area contributed by atoms with Gasteiger partial charge in [-0.1, -0.05) is 18.2 Å². The Kier molecular flexibility index (Phi) is 4.23. The molecule has 0 aromatic heterocycles. The number of para-hydroxylation sites is 2. The Bertz CT molecular complexity index is 545. The van der Waals surface area contributed by atoms with Crippen molar-refractivity contribution in [2.24, 2.45) is 0 Å². The topological polar surface area (TPSA) is 38.5 Å². The van der Waals surface area contributed by atoms with Crippen LogP contribution in [0, 0.1) is 5.82 Å². The molecule has 0 aliphatic carbocycles. The van der Waals surface area contributed by atoms with E-state index in [2.05, 4.69) is 0 Å². The molecule has 0 bridgehead atoms. The van der Waals surface area contributed by atoms with E-state index in [1.165, 1.54) is 12.1 Å². The summed E-state index contributed by atoms with van der Waals surface area (Å²) in [5.41, 5.74) is 7.59. The average Bonchev–Trinajstić information content (AvgIpc) is 2.39. The maximum Gasteiger partial charge on any atom is 0.126 e. The summed E-state index contributed by atoms with van der Waals surface area (Å²) in [5, 5.41) is 0. The Labute approximate surface area is 112 Å². The lowest BCUT2D eigenvalue weighted by Gasteiger charge is -2.21. The molecule has 2 rings (SSSR count). The smallest absolute Gasteiger partial charge is 0.126 e. The predicted molar refractivity (Wildman–Crippen MR) is 76.0 cm³/mol. The van der Waals surface area contributed by atoms with Crippen LogP contribution < -0.4 is 15.4 Å². The molecular weight excluding hydrogens is 243 g/mol. The summed E-state index contributed by atoms with van der Waals surface area (Å²) in [7, 11) is 1.95. The third-order valence-corrected chi connectivity index (χ3v) is 2.84. The number of likely N-dealkylation sites (N-methyl/N-ethyl adjacent to an activating group) is 1. The number of hydrogen-bond acceptors (Lipinski definition) is 3. The summed E-state index contributed by atoms with van der Waals surface area (Å²) < 4.78 is 18.5. The standard InChI is InChI=1S/C15H17FN2O/c1-18(15-8-3-2-7-14(15)17)9-10-19-13-6-4-5-12(16)11-13/h2-8,11H,9-10,17H2,1H3. The van der Waals surface area contributed by atoms with Crippen molar-refractivity contribution in [2.75, 3.05) is 30.8 Å². The van der Waals surface area contributed by atoms with Crippen molar-refractivity contribution in [2.45, 2.75) is 0 Å². The molecule has 0 atom stereocenters. The number of nitrogens with zero attached hydrogens (tertiary/aromatic N) is 1. The number of benzene rings is 2. The van der Waals surface area contributed by atoms with Gasteiger partial charge in [0.05, 0.1) is 17.9 Å². The fourth-order valence-corrected chi connectivity index (χ4v) is 1.81. The van der Waals surface area contributed by atoms with Crippen molar-refractivity contribution < 1.29 is 9.13 Å². The number of anilines is 2. The monoisotopic (exact) mass is 260 g/mol. The summed E-state index contributed by atoms with van der Waals surface area (Å²) in [4.78, 5) is 2.01. The minimum atomic E-state index is -0.293. The summed E-state index contributed by atoms with van der Waals surface area (Å²) >= 11 is 0. The number of nitrogen functional groups attached to an aromatic ring is 1. The highest BCUT2D eigenvalue weighted by molar-refractivity contribution is 5.66. The molecule has 0 amide bonds. The molecule has 0 aliphatic rings. The molecule has 0 aliphatic heterocycles. The van der Waals surface area contributed by atoms with Gasteiger partial charge in [-0.25, -0.2) is 4.39 Å². The molecule has 0 radical (unpaired) electrons. The van der Waals surface area contributed by atoms with Crippen LogP contribution >= 0.6 is 0 Å². The molecule has 0 saturated heterocycles. The fourth-order valence-electron chi connectivity index (χ4n) is 1.81. The van der Waals surface area contributed by atoms with Gasteiger partial charge >= 0.3 is 0 Å². The van der Waals surface area contributed by atoms with Crippen LogP contribution in [0.2, 0.25) is 0 Å². The zero-order valence-corrected chi connectivity index (χ0v) is 10.8. The summed E-state index contributed by atoms with van der Waals surface area (Å²) in [6, 6.07) is 13.8. The van der Waals surface area contributed by atoms with Crippen molar-refractivity contribution in [3.05, 3.63) is 54.3 Å². The SMILES string of the molecule is CN(CCOc1cccc(F)c1)c1ccccc1N. The van der Waals surface area contributed by atoms with Gasteiger partial charge in [0.25, 0.3) is 0 Å². The van der Waals surface area contributed by atoms with Crippen LogP contribution in [0.1, 0.15) is 0 Å². The lowest BCUT2D eigenvalue weighted by Crippen LogP contribution is -2.24. The molecule has 19 heavy (non-hydrogen) atoms. The number of nitrogens with two attached hydrogens (primary N) is 1. The maximum atomic E-state index is 13.0. The first-order valence-corrected chi connectivity index (χ1v) is 6.11. The van der Waals surface area contributed by atoms with E-state index in [4.69, 9.17) is 10.5 Å². The van der Waals surface area contributed by atoms with E-state index in [1.54, 1.807) is 12.1 Å². The normalized spacial score (nSPS) is 10.2. The highest BCUT2D eigenvalue weighted by Gasteiger charge is 2.04. The van der Waals surface area contributed by atoms with Gasteiger partial charge in [-0.3, -0.25) is 0 Å². The van der Waals surface area contributed by atoms with E-state index in [1.807, 2.05) is 36.2 Å². The first kappa shape index (κ1) is 13.2. The number of rotatable bonds is 5. The van der Waals surface area contributed by atoms with Gasteiger partial charge in [0.15, 0.2) is 0 Å². The largest absolute Gasteiger partial charge is 0.492 e. The fraction of sp³-hybridized carbons (Fsp3) is 0.200. The lowest BCUT2D eigenvalue weighted by molar-refractivity contribution is 0.324. The van der Waals surface area contributed by atoms with Crippen molar-refractivity contribution in [1.82, 2.24) is 0 Å². The van der Waals surface area contributed by atoms with Gasteiger partial charge in [-0.05, 0) is 24.3 Å². The highest BCUT2D eigenvalue weighted by atomic mass is 19.1. The maximum absolute atomic E-state index is 13.0. The minimum absolute atomic E-state index is 0.293. The molecule has 3 nitrogen and oxygen atoms in total. The molecule has 0 fully saturated rings. The average molecular weight is 260 g/mol. The lowest BCUT2D eigenvalue weighted by atomic mass is 10.2. The quantitative estimate of drug-likeness (QED) is 0.840. The molecule has 100 valence electrons. The van der Waals surface area contributed by atoms with Gasteiger partial charge in [0.1, 0.15) is 18.2 Å². The summed E-state index contributed by atoms with van der Waals surface area (Å²) in [6.07, 6.45) is 0. The first-order chi connectivity index (χ1) is 9.16. The van der Waals surface area contributed by atoms with Crippen LogP contribution in [0.25, 0.3) is 0 Å². The van der Waals surface area contributed by atoms with Crippen LogP contribution in [-0.4, -0.2) is 20.2 Å². The van der Waals surface area contributed by atoms with E-state index in [0.717, 1.165) is 11.4 Å². The summed E-state index contributed by atoms with van der Waals surface area (Å²) in [5.74, 6) is 0.243. The van der Waals surface area contributed by atoms with Crippen LogP contribution in [-0.2, 0) is 0 Å². The molecule has 0 heterocycles. The molecule has 2 aromatic carbocycles. The zero-order valence-electron chi connectivity index (χ0n) is 10.8. The van der Waals surface area contributed by atoms with Gasteiger partial charge in [-0.2, -0.15) is 0 Å². The molecule has 2 N–H and O–H groups in total. The number of hydrogen-bond donors (Lipinski definition) is 1. The first-order valence-electron chi connectivity index (χ1n) is 6.11. The van der Waals surface area contributed by atoms with E-state index in [9.17, 15) is 4.39 Å². The van der Waals surface area contributed by atoms with Crippen LogP contribution in [0.5, 0.6) is 5.75 Å². The van der Waals surface area contributed by atoms with Crippen molar-refractivity contribution in [3.63, 3.8) is 0 Å². The molecular formula is C15H17FN2O. The minimum Gasteiger partial charge on any atom is -0.492 e.